The van der Waals surface area contributed by atoms with Gasteiger partial charge in [-0.25, -0.2) is 13.1 Å². The molecule has 0 saturated heterocycles. The number of aromatic nitrogens is 4. The zero-order valence-corrected chi connectivity index (χ0v) is 21.4. The van der Waals surface area contributed by atoms with Gasteiger partial charge in [0.15, 0.2) is 16.6 Å². The maximum absolute atomic E-state index is 13.7. The van der Waals surface area contributed by atoms with Crippen LogP contribution in [0.1, 0.15) is 37.6 Å². The molecule has 194 valence electrons. The van der Waals surface area contributed by atoms with Crippen molar-refractivity contribution in [2.24, 2.45) is 5.92 Å². The van der Waals surface area contributed by atoms with Gasteiger partial charge in [-0.3, -0.25) is 9.59 Å². The summed E-state index contributed by atoms with van der Waals surface area (Å²) in [5.41, 5.74) is -6.18. The van der Waals surface area contributed by atoms with Gasteiger partial charge in [0.1, 0.15) is 5.69 Å². The number of sulfone groups is 1. The zero-order valence-electron chi connectivity index (χ0n) is 19.8. The molecule has 2 aromatic heterocycles. The number of alkyl halides is 3. The predicted octanol–water partition coefficient (Wildman–Crippen LogP) is 4.11. The van der Waals surface area contributed by atoms with Crippen LogP contribution in [-0.2, 0) is 21.1 Å². The predicted molar refractivity (Wildman–Crippen MR) is 125 cm³/mol. The first-order chi connectivity index (χ1) is 16.6. The lowest BCUT2D eigenvalue weighted by atomic mass is 10.1. The number of hydrogen-bond acceptors (Lipinski definition) is 7. The highest BCUT2D eigenvalue weighted by Gasteiger charge is 2.47. The molecule has 9 nitrogen and oxygen atoms in total. The number of benzene rings is 1. The summed E-state index contributed by atoms with van der Waals surface area (Å²) in [6.45, 7) is 7.62. The summed E-state index contributed by atoms with van der Waals surface area (Å²) in [5.74, 6) is -1.29. The highest BCUT2D eigenvalue weighted by Crippen LogP contribution is 2.33. The second kappa shape index (κ2) is 9.69. The van der Waals surface area contributed by atoms with E-state index in [9.17, 15) is 31.2 Å². The minimum atomic E-state index is -5.61. The van der Waals surface area contributed by atoms with Gasteiger partial charge in [0, 0.05) is 6.20 Å². The molecule has 0 spiro atoms. The number of halogens is 4. The minimum absolute atomic E-state index is 0.0471. The third-order valence-electron chi connectivity index (χ3n) is 5.18. The van der Waals surface area contributed by atoms with Crippen LogP contribution in [0.15, 0.2) is 34.1 Å². The average Bonchev–Trinajstić information content (AvgIpc) is 3.19. The first kappa shape index (κ1) is 27.4. The molecular weight excluding hydrogens is 525 g/mol. The van der Waals surface area contributed by atoms with E-state index < -0.39 is 37.7 Å². The third kappa shape index (κ3) is 4.89. The molecular formula is C22H22ClF3N4O5S. The van der Waals surface area contributed by atoms with Crippen LogP contribution < -0.4 is 10.3 Å². The van der Waals surface area contributed by atoms with Crippen LogP contribution in [0.5, 0.6) is 5.75 Å². The van der Waals surface area contributed by atoms with Crippen molar-refractivity contribution >= 4 is 27.4 Å². The van der Waals surface area contributed by atoms with Crippen molar-refractivity contribution in [3.8, 4) is 17.1 Å². The molecule has 0 atom stereocenters. The minimum Gasteiger partial charge on any atom is -0.422 e. The Morgan fingerprint density at radius 1 is 1.14 bits per heavy atom. The fourth-order valence-electron chi connectivity index (χ4n) is 3.42. The van der Waals surface area contributed by atoms with Gasteiger partial charge >= 0.3 is 17.0 Å². The van der Waals surface area contributed by atoms with E-state index in [4.69, 9.17) is 16.3 Å². The lowest BCUT2D eigenvalue weighted by molar-refractivity contribution is -0.137. The summed E-state index contributed by atoms with van der Waals surface area (Å²) in [5, 5.41) is 8.39. The highest BCUT2D eigenvalue weighted by molar-refractivity contribution is 7.92. The third-order valence-corrected chi connectivity index (χ3v) is 6.85. The van der Waals surface area contributed by atoms with E-state index in [0.717, 1.165) is 21.5 Å². The van der Waals surface area contributed by atoms with Gasteiger partial charge in [-0.05, 0) is 49.6 Å². The Labute approximate surface area is 209 Å². The lowest BCUT2D eigenvalue weighted by Gasteiger charge is -2.19. The van der Waals surface area contributed by atoms with Gasteiger partial charge < -0.3 is 4.74 Å². The van der Waals surface area contributed by atoms with Crippen molar-refractivity contribution in [2.45, 2.75) is 51.4 Å². The molecule has 0 amide bonds. The van der Waals surface area contributed by atoms with Crippen LogP contribution >= 0.6 is 11.6 Å². The fraction of sp³-hybridized carbons (Fsp3) is 0.364. The first-order valence-electron chi connectivity index (χ1n) is 10.6. The van der Waals surface area contributed by atoms with Crippen molar-refractivity contribution in [2.75, 3.05) is 0 Å². The average molecular weight is 547 g/mol. The normalized spacial score (nSPS) is 12.3. The van der Waals surface area contributed by atoms with E-state index in [2.05, 4.69) is 10.2 Å². The van der Waals surface area contributed by atoms with Gasteiger partial charge in [0.25, 0.3) is 9.84 Å². The Hall–Kier alpha value is -3.19. The molecule has 0 N–H and O–H groups in total. The molecule has 0 aliphatic heterocycles. The SMILES string of the molecule is CCc1nn(-c2c(C)cc(S(=O)(=O)C(F)(F)F)cc2C)c(=O)c(-n2ccc(Cl)n2)c1OC(=O)C(C)C. The Kier molecular flexibility index (Phi) is 7.38. The van der Waals surface area contributed by atoms with Crippen LogP contribution in [0.2, 0.25) is 5.15 Å². The molecule has 3 rings (SSSR count). The molecule has 14 heteroatoms. The standard InChI is InChI=1S/C22H22ClF3N4O5S/c1-6-15-19(35-21(32)11(2)3)18(29-8-7-16(23)28-29)20(31)30(27-15)17-12(4)9-14(10-13(17)5)36(33,34)22(24,25)26/h7-11H,6H2,1-5H3. The number of hydrogen-bond donors (Lipinski definition) is 0. The maximum Gasteiger partial charge on any atom is 0.501 e. The molecule has 0 bridgehead atoms. The molecule has 36 heavy (non-hydrogen) atoms. The molecule has 0 aliphatic rings. The van der Waals surface area contributed by atoms with E-state index in [0.29, 0.717) is 0 Å². The van der Waals surface area contributed by atoms with E-state index in [-0.39, 0.29) is 45.5 Å². The summed E-state index contributed by atoms with van der Waals surface area (Å²) in [6.07, 6.45) is 1.57. The number of esters is 1. The molecule has 0 unspecified atom stereocenters. The smallest absolute Gasteiger partial charge is 0.422 e. The van der Waals surface area contributed by atoms with Gasteiger partial charge in [-0.2, -0.15) is 28.1 Å². The Morgan fingerprint density at radius 3 is 2.17 bits per heavy atom. The van der Waals surface area contributed by atoms with Crippen LogP contribution in [0.3, 0.4) is 0 Å². The Balaban J connectivity index is 2.36. The Bertz CT molecular complexity index is 1490. The van der Waals surface area contributed by atoms with Crippen molar-refractivity contribution in [1.29, 1.82) is 0 Å². The lowest BCUT2D eigenvalue weighted by Crippen LogP contribution is -2.31. The topological polar surface area (TPSA) is 113 Å². The van der Waals surface area contributed by atoms with Crippen LogP contribution in [0, 0.1) is 19.8 Å². The number of nitrogens with zero attached hydrogens (tertiary/aromatic N) is 4. The number of rotatable bonds is 6. The molecule has 1 aromatic carbocycles. The molecule has 0 fully saturated rings. The summed E-state index contributed by atoms with van der Waals surface area (Å²) in [6, 6.07) is 3.04. The van der Waals surface area contributed by atoms with Gasteiger partial charge in [0.05, 0.1) is 16.5 Å². The fourth-order valence-corrected chi connectivity index (χ4v) is 4.49. The summed E-state index contributed by atoms with van der Waals surface area (Å²) in [4.78, 5) is 25.1. The monoisotopic (exact) mass is 546 g/mol. The van der Waals surface area contributed by atoms with E-state index in [1.54, 1.807) is 20.8 Å². The van der Waals surface area contributed by atoms with Crippen molar-refractivity contribution in [1.82, 2.24) is 19.6 Å². The summed E-state index contributed by atoms with van der Waals surface area (Å²) >= 11 is 5.94. The molecule has 3 aromatic rings. The highest BCUT2D eigenvalue weighted by atomic mass is 35.5. The summed E-state index contributed by atoms with van der Waals surface area (Å²) in [7, 11) is -5.61. The quantitative estimate of drug-likeness (QED) is 0.428. The zero-order chi connectivity index (χ0) is 27.2. The van der Waals surface area contributed by atoms with Crippen molar-refractivity contribution < 1.29 is 31.1 Å². The number of carbonyl (C=O) groups excluding carboxylic acids is 1. The van der Waals surface area contributed by atoms with Crippen LogP contribution in [-0.4, -0.2) is 39.5 Å². The number of ether oxygens (including phenoxy) is 1. The molecule has 0 aliphatic carbocycles. The van der Waals surface area contributed by atoms with Gasteiger partial charge in [-0.15, -0.1) is 0 Å². The first-order valence-corrected chi connectivity index (χ1v) is 12.5. The van der Waals surface area contributed by atoms with Crippen LogP contribution in [0.25, 0.3) is 11.4 Å². The molecule has 0 saturated carbocycles. The second-order valence-electron chi connectivity index (χ2n) is 8.21. The van der Waals surface area contributed by atoms with E-state index in [1.165, 1.54) is 26.1 Å². The van der Waals surface area contributed by atoms with E-state index in [1.807, 2.05) is 0 Å². The molecule has 2 heterocycles. The number of carbonyl (C=O) groups is 1. The Morgan fingerprint density at radius 2 is 1.72 bits per heavy atom. The molecule has 0 radical (unpaired) electrons. The van der Waals surface area contributed by atoms with Crippen LogP contribution in [0.4, 0.5) is 13.2 Å². The number of aryl methyl sites for hydroxylation is 3. The van der Waals surface area contributed by atoms with Gasteiger partial charge in [-0.1, -0.05) is 32.4 Å². The van der Waals surface area contributed by atoms with Crippen molar-refractivity contribution in [3.63, 3.8) is 0 Å². The van der Waals surface area contributed by atoms with E-state index >= 15 is 0 Å². The van der Waals surface area contributed by atoms with Crippen molar-refractivity contribution in [3.05, 3.63) is 56.7 Å². The maximum atomic E-state index is 13.7. The summed E-state index contributed by atoms with van der Waals surface area (Å²) < 4.78 is 70.7. The second-order valence-corrected chi connectivity index (χ2v) is 10.5. The largest absolute Gasteiger partial charge is 0.501 e. The van der Waals surface area contributed by atoms with Gasteiger partial charge in [0.2, 0.25) is 0 Å².